The highest BCUT2D eigenvalue weighted by Crippen LogP contribution is 2.40. The third-order valence-electron chi connectivity index (χ3n) is 5.40. The van der Waals surface area contributed by atoms with E-state index in [1.165, 1.54) is 9.08 Å². The van der Waals surface area contributed by atoms with E-state index in [0.717, 1.165) is 43.1 Å². The van der Waals surface area contributed by atoms with Gasteiger partial charge in [-0.3, -0.25) is 9.20 Å². The molecule has 1 N–H and O–H groups in total. The number of nitrogens with zero attached hydrogens (tertiary/aromatic N) is 6. The van der Waals surface area contributed by atoms with Gasteiger partial charge in [0.05, 0.1) is 12.4 Å². The highest BCUT2D eigenvalue weighted by atomic mass is 16.2. The summed E-state index contributed by atoms with van der Waals surface area (Å²) in [6, 6.07) is 5.70. The zero-order valence-corrected chi connectivity index (χ0v) is 15.3. The zero-order valence-electron chi connectivity index (χ0n) is 15.3. The number of H-pyrrole nitrogens is 1. The lowest BCUT2D eigenvalue weighted by molar-refractivity contribution is 0.0788. The summed E-state index contributed by atoms with van der Waals surface area (Å²) in [4.78, 5) is 34.1. The number of rotatable bonds is 2. The number of nitrogens with one attached hydrogen (secondary N) is 1. The number of aromatic amines is 1. The van der Waals surface area contributed by atoms with Crippen LogP contribution >= 0.6 is 0 Å². The fourth-order valence-electron chi connectivity index (χ4n) is 3.94. The lowest BCUT2D eigenvalue weighted by Crippen LogP contribution is -2.29. The molecule has 27 heavy (non-hydrogen) atoms. The summed E-state index contributed by atoms with van der Waals surface area (Å²) in [5, 5.41) is 4.26. The Kier molecular flexibility index (Phi) is 3.33. The second kappa shape index (κ2) is 5.63. The normalized spacial score (nSPS) is 16.6. The number of anilines is 3. The number of aromatic nitrogens is 4. The minimum Gasteiger partial charge on any atom is -0.354 e. The Morgan fingerprint density at radius 1 is 1.19 bits per heavy atom. The largest absolute Gasteiger partial charge is 0.354 e. The van der Waals surface area contributed by atoms with Gasteiger partial charge in [-0.25, -0.2) is 9.48 Å². The Morgan fingerprint density at radius 2 is 1.96 bits per heavy atom. The minimum atomic E-state index is -0.172. The summed E-state index contributed by atoms with van der Waals surface area (Å²) in [5.74, 6) is 0.949. The fourth-order valence-corrected chi connectivity index (χ4v) is 3.94. The molecule has 0 unspecified atom stereocenters. The van der Waals surface area contributed by atoms with Gasteiger partial charge in [0.15, 0.2) is 5.65 Å². The molecule has 0 aromatic carbocycles. The van der Waals surface area contributed by atoms with Crippen molar-refractivity contribution in [1.82, 2.24) is 24.1 Å². The third kappa shape index (κ3) is 2.34. The number of hydrogen-bond donors (Lipinski definition) is 1. The second-order valence-corrected chi connectivity index (χ2v) is 7.20. The molecule has 9 nitrogen and oxygen atoms in total. The Labute approximate surface area is 155 Å². The van der Waals surface area contributed by atoms with Crippen molar-refractivity contribution in [3.05, 3.63) is 40.6 Å². The topological polar surface area (TPSA) is 81.9 Å². The first-order valence-corrected chi connectivity index (χ1v) is 9.09. The van der Waals surface area contributed by atoms with E-state index in [2.05, 4.69) is 19.9 Å². The zero-order chi connectivity index (χ0) is 18.7. The van der Waals surface area contributed by atoms with E-state index < -0.39 is 0 Å². The molecule has 2 aliphatic rings. The van der Waals surface area contributed by atoms with E-state index >= 15 is 0 Å². The summed E-state index contributed by atoms with van der Waals surface area (Å²) in [7, 11) is 3.64. The Bertz CT molecular complexity index is 1100. The van der Waals surface area contributed by atoms with Gasteiger partial charge in [0.1, 0.15) is 11.5 Å². The van der Waals surface area contributed by atoms with Gasteiger partial charge in [-0.15, -0.1) is 0 Å². The van der Waals surface area contributed by atoms with Gasteiger partial charge in [0.2, 0.25) is 0 Å². The van der Waals surface area contributed by atoms with Crippen LogP contribution in [0.2, 0.25) is 0 Å². The summed E-state index contributed by atoms with van der Waals surface area (Å²) >= 11 is 0. The molecule has 0 bridgehead atoms. The fraction of sp³-hybridized carbons (Fsp3) is 0.389. The molecule has 5 heterocycles. The number of aryl methyl sites for hydroxylation is 1. The molecule has 0 saturated carbocycles. The van der Waals surface area contributed by atoms with Crippen molar-refractivity contribution in [2.24, 2.45) is 7.05 Å². The van der Waals surface area contributed by atoms with Crippen LogP contribution in [0.15, 0.2) is 29.2 Å². The van der Waals surface area contributed by atoms with Crippen LogP contribution in [0.25, 0.3) is 5.65 Å². The first-order valence-electron chi connectivity index (χ1n) is 9.09. The molecule has 0 aliphatic carbocycles. The van der Waals surface area contributed by atoms with E-state index in [0.29, 0.717) is 18.0 Å². The summed E-state index contributed by atoms with van der Waals surface area (Å²) in [6.07, 6.45) is 3.88. The number of carbonyl (C=O) groups excluding carboxylic acids is 1. The molecular weight excluding hydrogens is 346 g/mol. The van der Waals surface area contributed by atoms with Crippen molar-refractivity contribution in [3.8, 4) is 0 Å². The van der Waals surface area contributed by atoms with Gasteiger partial charge in [-0.1, -0.05) is 0 Å². The lowest BCUT2D eigenvalue weighted by atomic mass is 10.3. The van der Waals surface area contributed by atoms with Gasteiger partial charge in [-0.2, -0.15) is 5.10 Å². The van der Waals surface area contributed by atoms with Crippen molar-refractivity contribution in [1.29, 1.82) is 0 Å². The third-order valence-corrected chi connectivity index (χ3v) is 5.40. The molecule has 0 atom stereocenters. The molecule has 140 valence electrons. The quantitative estimate of drug-likeness (QED) is 0.735. The molecule has 3 aromatic heterocycles. The minimum absolute atomic E-state index is 0.0574. The molecule has 5 rings (SSSR count). The number of likely N-dealkylation sites (tertiary alicyclic amines) is 1. The van der Waals surface area contributed by atoms with E-state index in [4.69, 9.17) is 0 Å². The van der Waals surface area contributed by atoms with E-state index in [9.17, 15) is 9.59 Å². The summed E-state index contributed by atoms with van der Waals surface area (Å²) < 4.78 is 2.84. The first kappa shape index (κ1) is 16.0. The van der Waals surface area contributed by atoms with Crippen LogP contribution in [0.4, 0.5) is 17.2 Å². The number of hydrogen-bond acceptors (Lipinski definition) is 5. The van der Waals surface area contributed by atoms with Gasteiger partial charge in [0, 0.05) is 45.1 Å². The SMILES string of the molecule is CN1CN(c2ccn3c(=O)n(C)nc3c2)c2[nH]c(C(=O)N3CCCC3)cc21. The van der Waals surface area contributed by atoms with Crippen LogP contribution in [-0.4, -0.2) is 56.8 Å². The molecule has 9 heteroatoms. The molecule has 0 spiro atoms. The predicted molar refractivity (Wildman–Crippen MR) is 102 cm³/mol. The van der Waals surface area contributed by atoms with Crippen LogP contribution in [0, 0.1) is 0 Å². The van der Waals surface area contributed by atoms with E-state index in [1.807, 2.05) is 30.1 Å². The standard InChI is InChI=1S/C18H21N7O2/c1-21-11-25(12-5-8-24-15(9-12)20-22(2)18(24)27)16-14(21)10-13(19-16)17(26)23-6-3-4-7-23/h5,8-10,19H,3-4,6-7,11H2,1-2H3. The molecule has 1 amide bonds. The van der Waals surface area contributed by atoms with Crippen molar-refractivity contribution < 1.29 is 4.79 Å². The van der Waals surface area contributed by atoms with Gasteiger partial charge in [-0.05, 0) is 25.0 Å². The van der Waals surface area contributed by atoms with Crippen LogP contribution < -0.4 is 15.5 Å². The van der Waals surface area contributed by atoms with Crippen molar-refractivity contribution in [2.45, 2.75) is 12.8 Å². The molecule has 3 aromatic rings. The summed E-state index contributed by atoms with van der Waals surface area (Å²) in [6.45, 7) is 2.31. The van der Waals surface area contributed by atoms with Gasteiger partial charge >= 0.3 is 5.69 Å². The average molecular weight is 367 g/mol. The second-order valence-electron chi connectivity index (χ2n) is 7.20. The van der Waals surface area contributed by atoms with Crippen LogP contribution in [0.5, 0.6) is 0 Å². The monoisotopic (exact) mass is 367 g/mol. The first-order chi connectivity index (χ1) is 13.0. The maximum Gasteiger partial charge on any atom is 0.350 e. The Balaban J connectivity index is 1.53. The molecule has 2 aliphatic heterocycles. The van der Waals surface area contributed by atoms with E-state index in [-0.39, 0.29) is 11.6 Å². The number of amides is 1. The number of pyridine rings is 1. The number of fused-ring (bicyclic) bond motifs is 2. The molecule has 1 saturated heterocycles. The van der Waals surface area contributed by atoms with Crippen LogP contribution in [0.1, 0.15) is 23.3 Å². The van der Waals surface area contributed by atoms with Crippen molar-refractivity contribution >= 4 is 28.7 Å². The highest BCUT2D eigenvalue weighted by Gasteiger charge is 2.30. The average Bonchev–Trinajstić information content (AvgIpc) is 3.42. The molecule has 1 fully saturated rings. The Hall–Kier alpha value is -3.23. The predicted octanol–water partition coefficient (Wildman–Crippen LogP) is 1.14. The maximum atomic E-state index is 12.7. The van der Waals surface area contributed by atoms with Gasteiger partial charge < -0.3 is 19.7 Å². The van der Waals surface area contributed by atoms with Crippen molar-refractivity contribution in [2.75, 3.05) is 36.6 Å². The maximum absolute atomic E-state index is 12.7. The van der Waals surface area contributed by atoms with Crippen LogP contribution in [0.3, 0.4) is 0 Å². The van der Waals surface area contributed by atoms with E-state index in [1.54, 1.807) is 13.2 Å². The van der Waals surface area contributed by atoms with Crippen LogP contribution in [-0.2, 0) is 7.05 Å². The number of carbonyl (C=O) groups is 1. The summed E-state index contributed by atoms with van der Waals surface area (Å²) in [5.41, 5.74) is 2.95. The molecular formula is C18H21N7O2. The lowest BCUT2D eigenvalue weighted by Gasteiger charge is -2.20. The molecule has 0 radical (unpaired) electrons. The van der Waals surface area contributed by atoms with Gasteiger partial charge in [0.25, 0.3) is 5.91 Å². The van der Waals surface area contributed by atoms with Crippen molar-refractivity contribution in [3.63, 3.8) is 0 Å². The highest BCUT2D eigenvalue weighted by molar-refractivity contribution is 5.97. The Morgan fingerprint density at radius 3 is 2.74 bits per heavy atom. The smallest absolute Gasteiger partial charge is 0.350 e.